The van der Waals surface area contributed by atoms with Crippen LogP contribution in [0, 0.1) is 0 Å². The van der Waals surface area contributed by atoms with Crippen LogP contribution in [0.4, 0.5) is 0 Å². The predicted octanol–water partition coefficient (Wildman–Crippen LogP) is 1.11. The van der Waals surface area contributed by atoms with Crippen molar-refractivity contribution >= 4 is 21.5 Å². The third-order valence-corrected chi connectivity index (χ3v) is 6.08. The van der Waals surface area contributed by atoms with Crippen molar-refractivity contribution in [1.82, 2.24) is 19.3 Å². The van der Waals surface area contributed by atoms with Crippen LogP contribution >= 0.6 is 11.3 Å². The highest BCUT2D eigenvalue weighted by molar-refractivity contribution is 7.87. The fourth-order valence-electron chi connectivity index (χ4n) is 1.87. The molecule has 0 amide bonds. The van der Waals surface area contributed by atoms with Gasteiger partial charge >= 0.3 is 0 Å². The Hall–Kier alpha value is -0.540. The monoisotopic (exact) mass is 332 g/mol. The molecule has 1 aromatic heterocycles. The largest absolute Gasteiger partial charge is 0.314 e. The molecule has 0 aliphatic heterocycles. The molecule has 1 aromatic rings. The highest BCUT2D eigenvalue weighted by Crippen LogP contribution is 2.18. The first-order valence-electron chi connectivity index (χ1n) is 7.39. The predicted molar refractivity (Wildman–Crippen MR) is 85.5 cm³/mol. The Kier molecular flexibility index (Phi) is 6.12. The molecule has 0 spiro atoms. The van der Waals surface area contributed by atoms with E-state index in [1.807, 2.05) is 6.20 Å². The van der Waals surface area contributed by atoms with Crippen molar-refractivity contribution in [3.05, 3.63) is 16.1 Å². The first-order chi connectivity index (χ1) is 10.0. The fourth-order valence-corrected chi connectivity index (χ4v) is 3.67. The van der Waals surface area contributed by atoms with Crippen LogP contribution in [0.1, 0.15) is 36.1 Å². The molecule has 1 fully saturated rings. The first-order valence-corrected chi connectivity index (χ1v) is 9.65. The van der Waals surface area contributed by atoms with Gasteiger partial charge in [-0.25, -0.2) is 4.98 Å². The molecule has 2 N–H and O–H groups in total. The van der Waals surface area contributed by atoms with Crippen LogP contribution < -0.4 is 10.0 Å². The van der Waals surface area contributed by atoms with Gasteiger partial charge in [-0.05, 0) is 32.2 Å². The third kappa shape index (κ3) is 5.63. The molecule has 0 radical (unpaired) electrons. The van der Waals surface area contributed by atoms with E-state index >= 15 is 0 Å². The Labute approximate surface area is 131 Å². The van der Waals surface area contributed by atoms with Gasteiger partial charge in [0.2, 0.25) is 0 Å². The van der Waals surface area contributed by atoms with Crippen molar-refractivity contribution in [3.63, 3.8) is 0 Å². The maximum atomic E-state index is 12.1. The minimum Gasteiger partial charge on any atom is -0.314 e. The molecule has 1 aliphatic rings. The lowest BCUT2D eigenvalue weighted by Crippen LogP contribution is -2.39. The summed E-state index contributed by atoms with van der Waals surface area (Å²) in [5.74, 6) is 0. The van der Waals surface area contributed by atoms with E-state index in [2.05, 4.69) is 21.9 Å². The zero-order valence-corrected chi connectivity index (χ0v) is 14.3. The van der Waals surface area contributed by atoms with Gasteiger partial charge in [-0.3, -0.25) is 0 Å². The summed E-state index contributed by atoms with van der Waals surface area (Å²) in [4.78, 5) is 5.38. The molecule has 120 valence electrons. The molecule has 0 saturated heterocycles. The maximum Gasteiger partial charge on any atom is 0.279 e. The standard InChI is InChI=1S/C13H24N4O2S2/c1-3-12-9-15-13(20-12)10-16-21(18,19)17(2)8-4-7-14-11-5-6-11/h9,11,14,16H,3-8,10H2,1-2H3. The molecule has 0 atom stereocenters. The third-order valence-electron chi connectivity index (χ3n) is 3.43. The second kappa shape index (κ2) is 7.64. The summed E-state index contributed by atoms with van der Waals surface area (Å²) in [5, 5.41) is 4.19. The van der Waals surface area contributed by atoms with Gasteiger partial charge in [0.15, 0.2) is 0 Å². The summed E-state index contributed by atoms with van der Waals surface area (Å²) in [6.45, 7) is 3.71. The van der Waals surface area contributed by atoms with Crippen molar-refractivity contribution in [2.75, 3.05) is 20.1 Å². The molecule has 0 unspecified atom stereocenters. The summed E-state index contributed by atoms with van der Waals surface area (Å²) in [7, 11) is -1.81. The summed E-state index contributed by atoms with van der Waals surface area (Å²) >= 11 is 1.55. The van der Waals surface area contributed by atoms with Crippen LogP contribution in [0.3, 0.4) is 0 Å². The summed E-state index contributed by atoms with van der Waals surface area (Å²) in [5.41, 5.74) is 0. The van der Waals surface area contributed by atoms with Crippen molar-refractivity contribution in [3.8, 4) is 0 Å². The molecule has 8 heteroatoms. The van der Waals surface area contributed by atoms with E-state index in [9.17, 15) is 8.42 Å². The molecule has 0 aromatic carbocycles. The number of hydrogen-bond acceptors (Lipinski definition) is 5. The van der Waals surface area contributed by atoms with Crippen LogP contribution in [0.25, 0.3) is 0 Å². The van der Waals surface area contributed by atoms with E-state index < -0.39 is 10.2 Å². The minimum absolute atomic E-state index is 0.262. The van der Waals surface area contributed by atoms with Gasteiger partial charge in [0.25, 0.3) is 10.2 Å². The zero-order valence-electron chi connectivity index (χ0n) is 12.6. The smallest absolute Gasteiger partial charge is 0.279 e. The van der Waals surface area contributed by atoms with Crippen LogP contribution in [-0.4, -0.2) is 43.9 Å². The van der Waals surface area contributed by atoms with Gasteiger partial charge in [0, 0.05) is 30.7 Å². The average Bonchev–Trinajstić information content (AvgIpc) is 3.17. The van der Waals surface area contributed by atoms with Crippen LogP contribution in [-0.2, 0) is 23.2 Å². The lowest BCUT2D eigenvalue weighted by atomic mass is 10.4. The Balaban J connectivity index is 1.71. The molecule has 6 nitrogen and oxygen atoms in total. The Morgan fingerprint density at radius 1 is 1.48 bits per heavy atom. The van der Waals surface area contributed by atoms with Crippen molar-refractivity contribution in [2.24, 2.45) is 0 Å². The van der Waals surface area contributed by atoms with Crippen molar-refractivity contribution in [2.45, 2.75) is 45.2 Å². The zero-order chi connectivity index (χ0) is 15.3. The number of rotatable bonds is 10. The van der Waals surface area contributed by atoms with E-state index in [-0.39, 0.29) is 6.54 Å². The highest BCUT2D eigenvalue weighted by atomic mass is 32.2. The lowest BCUT2D eigenvalue weighted by molar-refractivity contribution is 0.444. The quantitative estimate of drug-likeness (QED) is 0.630. The van der Waals surface area contributed by atoms with E-state index in [4.69, 9.17) is 0 Å². The Morgan fingerprint density at radius 3 is 2.86 bits per heavy atom. The summed E-state index contributed by atoms with van der Waals surface area (Å²) in [6.07, 6.45) is 6.07. The average molecular weight is 332 g/mol. The van der Waals surface area contributed by atoms with Crippen molar-refractivity contribution < 1.29 is 8.42 Å². The topological polar surface area (TPSA) is 74.3 Å². The van der Waals surface area contributed by atoms with Gasteiger partial charge in [0.1, 0.15) is 5.01 Å². The van der Waals surface area contributed by atoms with Gasteiger partial charge in [-0.2, -0.15) is 17.4 Å². The van der Waals surface area contributed by atoms with Crippen LogP contribution in [0.2, 0.25) is 0 Å². The van der Waals surface area contributed by atoms with E-state index in [0.717, 1.165) is 24.4 Å². The second-order valence-corrected chi connectivity index (χ2v) is 8.37. The first kappa shape index (κ1) is 16.8. The molecule has 1 aliphatic carbocycles. The van der Waals surface area contributed by atoms with Gasteiger partial charge < -0.3 is 5.32 Å². The number of nitrogens with one attached hydrogen (secondary N) is 2. The van der Waals surface area contributed by atoms with Crippen LogP contribution in [0.5, 0.6) is 0 Å². The van der Waals surface area contributed by atoms with Gasteiger partial charge in [0.05, 0.1) is 6.54 Å². The van der Waals surface area contributed by atoms with Gasteiger partial charge in [-0.1, -0.05) is 6.92 Å². The SMILES string of the molecule is CCc1cnc(CNS(=O)(=O)N(C)CCCNC2CC2)s1. The molecule has 21 heavy (non-hydrogen) atoms. The van der Waals surface area contributed by atoms with E-state index in [0.29, 0.717) is 12.6 Å². The van der Waals surface area contributed by atoms with Gasteiger partial charge in [-0.15, -0.1) is 11.3 Å². The Morgan fingerprint density at radius 2 is 2.24 bits per heavy atom. The number of thiazole rings is 1. The van der Waals surface area contributed by atoms with E-state index in [1.54, 1.807) is 18.4 Å². The number of hydrogen-bond donors (Lipinski definition) is 2. The molecule has 1 saturated carbocycles. The lowest BCUT2D eigenvalue weighted by Gasteiger charge is -2.17. The molecule has 0 bridgehead atoms. The summed E-state index contributed by atoms with van der Waals surface area (Å²) < 4.78 is 28.2. The molecule has 2 rings (SSSR count). The molecule has 1 heterocycles. The second-order valence-electron chi connectivity index (χ2n) is 5.30. The Bertz CT molecular complexity index is 540. The van der Waals surface area contributed by atoms with E-state index in [1.165, 1.54) is 22.0 Å². The molecular formula is C13H24N4O2S2. The van der Waals surface area contributed by atoms with Crippen molar-refractivity contribution in [1.29, 1.82) is 0 Å². The summed E-state index contributed by atoms with van der Waals surface area (Å²) in [6, 6.07) is 0.669. The van der Waals surface area contributed by atoms with Crippen LogP contribution in [0.15, 0.2) is 6.20 Å². The highest BCUT2D eigenvalue weighted by Gasteiger charge is 2.21. The fraction of sp³-hybridized carbons (Fsp3) is 0.769. The number of aryl methyl sites for hydroxylation is 1. The molecular weight excluding hydrogens is 308 g/mol. The maximum absolute atomic E-state index is 12.1. The normalized spacial score (nSPS) is 15.8. The minimum atomic E-state index is -3.42. The number of nitrogens with zero attached hydrogens (tertiary/aromatic N) is 2. The number of aromatic nitrogens is 1.